The van der Waals surface area contributed by atoms with E-state index in [-0.39, 0.29) is 25.0 Å². The molecule has 2 atom stereocenters. The lowest BCUT2D eigenvalue weighted by atomic mass is 9.92. The summed E-state index contributed by atoms with van der Waals surface area (Å²) < 4.78 is 10.6. The number of anilines is 1. The Morgan fingerprint density at radius 3 is 2.54 bits per heavy atom. The highest BCUT2D eigenvalue weighted by Gasteiger charge is 2.33. The number of carbonyl (C=O) groups is 3. The molecule has 0 fully saturated rings. The Morgan fingerprint density at radius 1 is 1.00 bits per heavy atom. The second-order valence-corrected chi connectivity index (χ2v) is 8.63. The van der Waals surface area contributed by atoms with Crippen LogP contribution in [0.1, 0.15) is 30.9 Å². The van der Waals surface area contributed by atoms with E-state index in [4.69, 9.17) is 9.47 Å². The van der Waals surface area contributed by atoms with Gasteiger partial charge in [0, 0.05) is 5.56 Å². The SMILES string of the molecule is CC1C(=O)N(NC(=O)[C@H](C)NC(=O)Cc2ccc3c(c2)OCO3)c2ccccc2-c2ccccc21. The molecule has 2 aliphatic heterocycles. The van der Waals surface area contributed by atoms with Gasteiger partial charge in [0.1, 0.15) is 6.04 Å². The molecule has 3 aromatic carbocycles. The van der Waals surface area contributed by atoms with Crippen LogP contribution >= 0.6 is 0 Å². The first-order valence-electron chi connectivity index (χ1n) is 11.4. The number of ether oxygens (including phenoxy) is 2. The van der Waals surface area contributed by atoms with Crippen LogP contribution in [0.3, 0.4) is 0 Å². The lowest BCUT2D eigenvalue weighted by molar-refractivity contribution is -0.130. The summed E-state index contributed by atoms with van der Waals surface area (Å²) in [5, 5.41) is 4.00. The molecule has 2 heterocycles. The predicted octanol–water partition coefficient (Wildman–Crippen LogP) is 3.31. The number of para-hydroxylation sites is 1. The minimum atomic E-state index is -0.864. The molecule has 8 heteroatoms. The zero-order chi connectivity index (χ0) is 24.5. The molecule has 3 aromatic rings. The molecule has 178 valence electrons. The van der Waals surface area contributed by atoms with Crippen molar-refractivity contribution in [2.45, 2.75) is 32.2 Å². The third-order valence-electron chi connectivity index (χ3n) is 6.25. The summed E-state index contributed by atoms with van der Waals surface area (Å²) in [7, 11) is 0. The number of hydrogen-bond donors (Lipinski definition) is 2. The summed E-state index contributed by atoms with van der Waals surface area (Å²) in [5.41, 5.74) is 6.74. The molecule has 0 spiro atoms. The zero-order valence-electron chi connectivity index (χ0n) is 19.4. The molecular formula is C27H25N3O5. The van der Waals surface area contributed by atoms with Gasteiger partial charge < -0.3 is 14.8 Å². The van der Waals surface area contributed by atoms with E-state index in [9.17, 15) is 14.4 Å². The van der Waals surface area contributed by atoms with E-state index >= 15 is 0 Å². The van der Waals surface area contributed by atoms with Gasteiger partial charge in [-0.1, -0.05) is 48.5 Å². The second kappa shape index (κ2) is 9.13. The summed E-state index contributed by atoms with van der Waals surface area (Å²) in [6.45, 7) is 3.56. The average molecular weight is 472 g/mol. The number of benzene rings is 3. The summed E-state index contributed by atoms with van der Waals surface area (Å²) in [5.74, 6) is -0.306. The van der Waals surface area contributed by atoms with Crippen LogP contribution in [-0.4, -0.2) is 30.6 Å². The molecule has 0 radical (unpaired) electrons. The van der Waals surface area contributed by atoms with Crippen molar-refractivity contribution in [2.75, 3.05) is 11.8 Å². The molecule has 0 aromatic heterocycles. The largest absolute Gasteiger partial charge is 0.454 e. The third-order valence-corrected chi connectivity index (χ3v) is 6.25. The molecule has 5 rings (SSSR count). The molecule has 2 aliphatic rings. The lowest BCUT2D eigenvalue weighted by Gasteiger charge is -2.27. The maximum atomic E-state index is 13.4. The van der Waals surface area contributed by atoms with Gasteiger partial charge in [-0.3, -0.25) is 19.8 Å². The van der Waals surface area contributed by atoms with E-state index in [0.29, 0.717) is 17.2 Å². The van der Waals surface area contributed by atoms with Crippen LogP contribution in [0.4, 0.5) is 5.69 Å². The highest BCUT2D eigenvalue weighted by molar-refractivity contribution is 6.06. The van der Waals surface area contributed by atoms with Crippen LogP contribution in [0.2, 0.25) is 0 Å². The first-order valence-corrected chi connectivity index (χ1v) is 11.4. The molecular weight excluding hydrogens is 446 g/mol. The van der Waals surface area contributed by atoms with E-state index in [1.54, 1.807) is 31.2 Å². The van der Waals surface area contributed by atoms with Crippen molar-refractivity contribution in [3.63, 3.8) is 0 Å². The van der Waals surface area contributed by atoms with Gasteiger partial charge in [0.2, 0.25) is 12.7 Å². The van der Waals surface area contributed by atoms with Crippen molar-refractivity contribution in [2.24, 2.45) is 0 Å². The molecule has 8 nitrogen and oxygen atoms in total. The van der Waals surface area contributed by atoms with E-state index in [2.05, 4.69) is 10.7 Å². The highest BCUT2D eigenvalue weighted by atomic mass is 16.7. The topological polar surface area (TPSA) is 97.0 Å². The highest BCUT2D eigenvalue weighted by Crippen LogP contribution is 2.40. The standard InChI is InChI=1S/C27H25N3O5/c1-16-19-7-3-4-8-20(19)21-9-5-6-10-22(21)30(27(16)33)29-26(32)17(2)28-25(31)14-18-11-12-23-24(13-18)35-15-34-23/h3-13,16-17H,14-15H2,1-2H3,(H,28,31)(H,29,32)/t16?,17-/m0/s1. The Labute approximate surface area is 202 Å². The van der Waals surface area contributed by atoms with Crippen LogP contribution < -0.4 is 25.2 Å². The Morgan fingerprint density at radius 2 is 1.71 bits per heavy atom. The first kappa shape index (κ1) is 22.5. The number of hydrogen-bond acceptors (Lipinski definition) is 5. The quantitative estimate of drug-likeness (QED) is 0.595. The molecule has 0 aliphatic carbocycles. The summed E-state index contributed by atoms with van der Waals surface area (Å²) in [6.07, 6.45) is 0.0755. The molecule has 0 saturated carbocycles. The lowest BCUT2D eigenvalue weighted by Crippen LogP contribution is -2.54. The number of nitrogens with one attached hydrogen (secondary N) is 2. The fourth-order valence-corrected chi connectivity index (χ4v) is 4.38. The van der Waals surface area contributed by atoms with Crippen LogP contribution in [0.15, 0.2) is 66.7 Å². The maximum absolute atomic E-state index is 13.4. The van der Waals surface area contributed by atoms with Gasteiger partial charge in [-0.25, -0.2) is 5.01 Å². The number of fused-ring (bicyclic) bond motifs is 4. The van der Waals surface area contributed by atoms with E-state index in [1.807, 2.05) is 49.4 Å². The Hall–Kier alpha value is -4.33. The fourth-order valence-electron chi connectivity index (χ4n) is 4.38. The van der Waals surface area contributed by atoms with Crippen molar-refractivity contribution in [1.82, 2.24) is 10.7 Å². The Bertz CT molecular complexity index is 1320. The predicted molar refractivity (Wildman–Crippen MR) is 130 cm³/mol. The molecule has 0 bridgehead atoms. The van der Waals surface area contributed by atoms with Crippen molar-refractivity contribution in [3.8, 4) is 22.6 Å². The van der Waals surface area contributed by atoms with Gasteiger partial charge in [0.25, 0.3) is 11.8 Å². The number of carbonyl (C=O) groups excluding carboxylic acids is 3. The average Bonchev–Trinajstić information content (AvgIpc) is 3.31. The van der Waals surface area contributed by atoms with Gasteiger partial charge in [-0.2, -0.15) is 0 Å². The Kier molecular flexibility index (Phi) is 5.86. The second-order valence-electron chi connectivity index (χ2n) is 8.63. The first-order chi connectivity index (χ1) is 16.9. The molecule has 2 N–H and O–H groups in total. The molecule has 35 heavy (non-hydrogen) atoms. The van der Waals surface area contributed by atoms with Crippen LogP contribution in [0.5, 0.6) is 11.5 Å². The van der Waals surface area contributed by atoms with E-state index < -0.39 is 17.9 Å². The van der Waals surface area contributed by atoms with Gasteiger partial charge >= 0.3 is 0 Å². The van der Waals surface area contributed by atoms with Gasteiger partial charge in [0.15, 0.2) is 11.5 Å². The van der Waals surface area contributed by atoms with E-state index in [0.717, 1.165) is 22.3 Å². The Balaban J connectivity index is 1.30. The molecule has 0 saturated heterocycles. The van der Waals surface area contributed by atoms with Crippen molar-refractivity contribution in [1.29, 1.82) is 0 Å². The summed E-state index contributed by atoms with van der Waals surface area (Å²) in [6, 6.07) is 19.6. The monoisotopic (exact) mass is 471 g/mol. The minimum absolute atomic E-state index is 0.0755. The summed E-state index contributed by atoms with van der Waals surface area (Å²) in [4.78, 5) is 39.0. The smallest absolute Gasteiger partial charge is 0.261 e. The third kappa shape index (κ3) is 4.30. The van der Waals surface area contributed by atoms with Gasteiger partial charge in [-0.05, 0) is 48.7 Å². The van der Waals surface area contributed by atoms with Crippen molar-refractivity contribution >= 4 is 23.4 Å². The maximum Gasteiger partial charge on any atom is 0.261 e. The number of hydrazine groups is 1. The van der Waals surface area contributed by atoms with Crippen molar-refractivity contribution in [3.05, 3.63) is 77.9 Å². The van der Waals surface area contributed by atoms with Gasteiger partial charge in [-0.15, -0.1) is 0 Å². The minimum Gasteiger partial charge on any atom is -0.454 e. The number of rotatable bonds is 5. The van der Waals surface area contributed by atoms with E-state index in [1.165, 1.54) is 5.01 Å². The van der Waals surface area contributed by atoms with Crippen molar-refractivity contribution < 1.29 is 23.9 Å². The molecule has 1 unspecified atom stereocenters. The number of amides is 3. The zero-order valence-corrected chi connectivity index (χ0v) is 19.4. The van der Waals surface area contributed by atoms with Crippen LogP contribution in [-0.2, 0) is 20.8 Å². The normalized spacial score (nSPS) is 16.6. The van der Waals surface area contributed by atoms with Crippen LogP contribution in [0.25, 0.3) is 11.1 Å². The number of nitrogens with zero attached hydrogens (tertiary/aromatic N) is 1. The fraction of sp³-hybridized carbons (Fsp3) is 0.222. The van der Waals surface area contributed by atoms with Crippen LogP contribution in [0, 0.1) is 0 Å². The molecule has 3 amide bonds. The van der Waals surface area contributed by atoms with Gasteiger partial charge in [0.05, 0.1) is 18.0 Å². The summed E-state index contributed by atoms with van der Waals surface area (Å²) >= 11 is 0.